The van der Waals surface area contributed by atoms with Gasteiger partial charge in [-0.2, -0.15) is 0 Å². The molecule has 2 aromatic heterocycles. The number of hydrogen-bond acceptors (Lipinski definition) is 8. The van der Waals surface area contributed by atoms with Crippen molar-refractivity contribution in [3.05, 3.63) is 82.2 Å². The zero-order valence-electron chi connectivity index (χ0n) is 17.4. The number of thiazole rings is 1. The van der Waals surface area contributed by atoms with Crippen molar-refractivity contribution in [2.45, 2.75) is 37.0 Å². The fourth-order valence-electron chi connectivity index (χ4n) is 2.95. The summed E-state index contributed by atoms with van der Waals surface area (Å²) in [6.45, 7) is 5.69. The lowest BCUT2D eigenvalue weighted by Gasteiger charge is -2.12. The first kappa shape index (κ1) is 21.3. The second-order valence-electron chi connectivity index (χ2n) is 7.06. The molecule has 0 amide bonds. The van der Waals surface area contributed by atoms with Crippen LogP contribution in [-0.4, -0.2) is 21.2 Å². The van der Waals surface area contributed by atoms with Crippen molar-refractivity contribution in [3.8, 4) is 11.5 Å². The second-order valence-corrected chi connectivity index (χ2v) is 9.14. The molecule has 0 aliphatic rings. The molecule has 0 spiro atoms. The molecule has 4 rings (SSSR count). The summed E-state index contributed by atoms with van der Waals surface area (Å²) >= 11 is 3.20. The minimum Gasteiger partial charge on any atom is -0.449 e. The Labute approximate surface area is 188 Å². The summed E-state index contributed by atoms with van der Waals surface area (Å²) in [5.41, 5.74) is 4.34. The summed E-state index contributed by atoms with van der Waals surface area (Å²) in [6.07, 6.45) is -0.666. The van der Waals surface area contributed by atoms with Crippen LogP contribution >= 0.6 is 23.1 Å². The molecule has 1 atom stereocenters. The van der Waals surface area contributed by atoms with E-state index in [1.54, 1.807) is 36.1 Å². The van der Waals surface area contributed by atoms with Gasteiger partial charge in [-0.15, -0.1) is 21.5 Å². The normalized spacial score (nSPS) is 12.0. The van der Waals surface area contributed by atoms with Gasteiger partial charge in [-0.3, -0.25) is 0 Å². The predicted octanol–water partition coefficient (Wildman–Crippen LogP) is 6.02. The first-order valence-electron chi connectivity index (χ1n) is 9.74. The molecule has 0 saturated heterocycles. The molecule has 0 bridgehead atoms. The first-order valence-corrected chi connectivity index (χ1v) is 11.6. The molecule has 1 unspecified atom stereocenters. The Morgan fingerprint density at radius 2 is 2.00 bits per heavy atom. The molecular weight excluding hydrogens is 430 g/mol. The molecule has 4 aromatic rings. The first-order chi connectivity index (χ1) is 15.0. The number of thioether (sulfide) groups is 1. The lowest BCUT2D eigenvalue weighted by atomic mass is 10.1. The van der Waals surface area contributed by atoms with Gasteiger partial charge in [-0.05, 0) is 44.5 Å². The summed E-state index contributed by atoms with van der Waals surface area (Å²) in [4.78, 5) is 17.3. The van der Waals surface area contributed by atoms with E-state index in [1.165, 1.54) is 0 Å². The van der Waals surface area contributed by atoms with E-state index in [-0.39, 0.29) is 5.89 Å². The Morgan fingerprint density at radius 1 is 1.16 bits per heavy atom. The van der Waals surface area contributed by atoms with Gasteiger partial charge in [0.1, 0.15) is 4.34 Å². The lowest BCUT2D eigenvalue weighted by Crippen LogP contribution is -2.11. The van der Waals surface area contributed by atoms with Crippen molar-refractivity contribution in [2.24, 2.45) is 0 Å². The van der Waals surface area contributed by atoms with Crippen LogP contribution in [0, 0.1) is 13.8 Å². The Kier molecular flexibility index (Phi) is 6.48. The smallest absolute Gasteiger partial charge is 0.339 e. The Balaban J connectivity index is 1.45. The molecule has 0 saturated carbocycles. The molecule has 2 aromatic carbocycles. The fourth-order valence-corrected chi connectivity index (χ4v) is 4.80. The average Bonchev–Trinajstić information content (AvgIpc) is 3.42. The number of aryl methyl sites for hydroxylation is 2. The number of esters is 1. The van der Waals surface area contributed by atoms with Gasteiger partial charge in [0.2, 0.25) is 5.89 Å². The van der Waals surface area contributed by atoms with Crippen molar-refractivity contribution in [1.29, 1.82) is 0 Å². The summed E-state index contributed by atoms with van der Waals surface area (Å²) in [7, 11) is 0. The lowest BCUT2D eigenvalue weighted by molar-refractivity contribution is 0.0279. The number of carbonyl (C=O) groups is 1. The highest BCUT2D eigenvalue weighted by Gasteiger charge is 2.21. The van der Waals surface area contributed by atoms with Gasteiger partial charge < -0.3 is 9.15 Å². The maximum atomic E-state index is 12.9. The maximum absolute atomic E-state index is 12.9. The van der Waals surface area contributed by atoms with Gasteiger partial charge in [0, 0.05) is 22.4 Å². The van der Waals surface area contributed by atoms with Crippen LogP contribution in [0.4, 0.5) is 0 Å². The van der Waals surface area contributed by atoms with Crippen LogP contribution in [0.2, 0.25) is 0 Å². The molecular formula is C23H21N3O3S2. The van der Waals surface area contributed by atoms with E-state index >= 15 is 0 Å². The SMILES string of the molecule is Cc1cccc(-c2nnc(C(C)OC(=O)c3ccccc3CSc3nc(C)cs3)o2)c1. The summed E-state index contributed by atoms with van der Waals surface area (Å²) in [6, 6.07) is 15.2. The molecule has 0 N–H and O–H groups in total. The van der Waals surface area contributed by atoms with Gasteiger partial charge in [0.15, 0.2) is 6.10 Å². The van der Waals surface area contributed by atoms with E-state index in [4.69, 9.17) is 9.15 Å². The Hall–Kier alpha value is -2.97. The van der Waals surface area contributed by atoms with E-state index in [0.29, 0.717) is 17.2 Å². The van der Waals surface area contributed by atoms with Gasteiger partial charge >= 0.3 is 5.97 Å². The number of hydrogen-bond donors (Lipinski definition) is 0. The van der Waals surface area contributed by atoms with Crippen molar-refractivity contribution in [1.82, 2.24) is 15.2 Å². The molecule has 2 heterocycles. The topological polar surface area (TPSA) is 78.1 Å². The number of rotatable bonds is 7. The van der Waals surface area contributed by atoms with Crippen LogP contribution in [0.25, 0.3) is 11.5 Å². The van der Waals surface area contributed by atoms with Crippen LogP contribution in [-0.2, 0) is 10.5 Å². The third kappa shape index (κ3) is 5.21. The van der Waals surface area contributed by atoms with E-state index in [2.05, 4.69) is 15.2 Å². The van der Waals surface area contributed by atoms with E-state index in [1.807, 2.05) is 61.7 Å². The molecule has 0 aliphatic heterocycles. The highest BCUT2D eigenvalue weighted by molar-refractivity contribution is 8.00. The van der Waals surface area contributed by atoms with Gasteiger partial charge in [0.05, 0.1) is 5.56 Å². The number of ether oxygens (including phenoxy) is 1. The van der Waals surface area contributed by atoms with Crippen LogP contribution < -0.4 is 0 Å². The van der Waals surface area contributed by atoms with Crippen molar-refractivity contribution in [3.63, 3.8) is 0 Å². The standard InChI is InChI=1S/C23H21N3O3S2/c1-14-7-6-9-17(11-14)21-26-25-20(29-21)16(3)28-22(27)19-10-5-4-8-18(19)13-31-23-24-15(2)12-30-23/h4-12,16H,13H2,1-3H3. The highest BCUT2D eigenvalue weighted by Crippen LogP contribution is 2.29. The van der Waals surface area contributed by atoms with E-state index in [9.17, 15) is 4.79 Å². The fraction of sp³-hybridized carbons (Fsp3) is 0.217. The van der Waals surface area contributed by atoms with Crippen LogP contribution in [0.3, 0.4) is 0 Å². The zero-order valence-corrected chi connectivity index (χ0v) is 19.0. The van der Waals surface area contributed by atoms with Crippen molar-refractivity contribution >= 4 is 29.1 Å². The third-order valence-corrected chi connectivity index (χ3v) is 6.71. The quantitative estimate of drug-likeness (QED) is 0.251. The highest BCUT2D eigenvalue weighted by atomic mass is 32.2. The number of carbonyl (C=O) groups excluding carboxylic acids is 1. The minimum absolute atomic E-state index is 0.259. The average molecular weight is 452 g/mol. The minimum atomic E-state index is -0.666. The van der Waals surface area contributed by atoms with E-state index in [0.717, 1.165) is 26.7 Å². The number of aromatic nitrogens is 3. The Bertz CT molecular complexity index is 1200. The summed E-state index contributed by atoms with van der Waals surface area (Å²) in [5, 5.41) is 10.2. The van der Waals surface area contributed by atoms with E-state index < -0.39 is 12.1 Å². The number of benzene rings is 2. The molecule has 6 nitrogen and oxygen atoms in total. The zero-order chi connectivity index (χ0) is 21.8. The molecule has 0 radical (unpaired) electrons. The second kappa shape index (κ2) is 9.45. The Morgan fingerprint density at radius 3 is 2.77 bits per heavy atom. The van der Waals surface area contributed by atoms with Crippen LogP contribution in [0.15, 0.2) is 62.7 Å². The van der Waals surface area contributed by atoms with Crippen molar-refractivity contribution < 1.29 is 13.9 Å². The van der Waals surface area contributed by atoms with Gasteiger partial charge in [0.25, 0.3) is 5.89 Å². The monoisotopic (exact) mass is 451 g/mol. The molecule has 158 valence electrons. The predicted molar refractivity (Wildman–Crippen MR) is 121 cm³/mol. The van der Waals surface area contributed by atoms with Crippen LogP contribution in [0.5, 0.6) is 0 Å². The third-order valence-electron chi connectivity index (χ3n) is 4.52. The maximum Gasteiger partial charge on any atom is 0.339 e. The van der Waals surface area contributed by atoms with Crippen LogP contribution in [0.1, 0.15) is 46.1 Å². The van der Waals surface area contributed by atoms with Gasteiger partial charge in [-0.1, -0.05) is 47.7 Å². The summed E-state index contributed by atoms with van der Waals surface area (Å²) in [5.74, 6) is 0.867. The number of nitrogens with zero attached hydrogens (tertiary/aromatic N) is 3. The molecule has 0 fully saturated rings. The van der Waals surface area contributed by atoms with Crippen molar-refractivity contribution in [2.75, 3.05) is 0 Å². The van der Waals surface area contributed by atoms with Gasteiger partial charge in [-0.25, -0.2) is 9.78 Å². The summed E-state index contributed by atoms with van der Waals surface area (Å²) < 4.78 is 12.4. The molecule has 0 aliphatic carbocycles. The molecule has 31 heavy (non-hydrogen) atoms. The largest absolute Gasteiger partial charge is 0.449 e. The molecule has 8 heteroatoms.